The molecule has 17 heavy (non-hydrogen) atoms. The van der Waals surface area contributed by atoms with Crippen molar-refractivity contribution in [3.63, 3.8) is 0 Å². The molecule has 0 bridgehead atoms. The number of rotatable bonds is 4. The lowest BCUT2D eigenvalue weighted by Gasteiger charge is -2.38. The van der Waals surface area contributed by atoms with Crippen LogP contribution in [0.2, 0.25) is 0 Å². The molecule has 0 N–H and O–H groups in total. The van der Waals surface area contributed by atoms with Crippen LogP contribution in [0.5, 0.6) is 0 Å². The summed E-state index contributed by atoms with van der Waals surface area (Å²) < 4.78 is 16.0. The van der Waals surface area contributed by atoms with Crippen LogP contribution in [0.15, 0.2) is 0 Å². The Morgan fingerprint density at radius 2 is 2.18 bits per heavy atom. The summed E-state index contributed by atoms with van der Waals surface area (Å²) in [4.78, 5) is 13.3. The minimum atomic E-state index is -0.358. The van der Waals surface area contributed by atoms with Gasteiger partial charge in [-0.05, 0) is 25.9 Å². The molecule has 2 heterocycles. The zero-order valence-electron chi connectivity index (χ0n) is 10.4. The van der Waals surface area contributed by atoms with E-state index in [0.717, 1.165) is 38.9 Å². The Labute approximate surface area is 102 Å². The van der Waals surface area contributed by atoms with Crippen LogP contribution in [0, 0.1) is 0 Å². The highest BCUT2D eigenvalue weighted by molar-refractivity contribution is 5.69. The number of methoxy groups -OCH3 is 1. The fourth-order valence-corrected chi connectivity index (χ4v) is 2.54. The van der Waals surface area contributed by atoms with Crippen molar-refractivity contribution in [2.45, 2.75) is 31.5 Å². The van der Waals surface area contributed by atoms with E-state index in [0.29, 0.717) is 19.6 Å². The van der Waals surface area contributed by atoms with E-state index in [2.05, 4.69) is 9.64 Å². The molecule has 0 amide bonds. The van der Waals surface area contributed by atoms with Crippen LogP contribution >= 0.6 is 0 Å². The maximum atomic E-state index is 11.0. The summed E-state index contributed by atoms with van der Waals surface area (Å²) in [5.41, 5.74) is 0. The second-order valence-electron chi connectivity index (χ2n) is 4.67. The Morgan fingerprint density at radius 1 is 1.41 bits per heavy atom. The largest absolute Gasteiger partial charge is 0.469 e. The van der Waals surface area contributed by atoms with E-state index in [-0.39, 0.29) is 11.8 Å². The van der Waals surface area contributed by atoms with Gasteiger partial charge in [-0.1, -0.05) is 0 Å². The van der Waals surface area contributed by atoms with Gasteiger partial charge in [0.2, 0.25) is 0 Å². The quantitative estimate of drug-likeness (QED) is 0.683. The van der Waals surface area contributed by atoms with Crippen LogP contribution in [0.3, 0.4) is 0 Å². The molecule has 0 unspecified atom stereocenters. The Bertz CT molecular complexity index is 263. The van der Waals surface area contributed by atoms with Crippen LogP contribution in [0.4, 0.5) is 0 Å². The molecule has 0 aromatic carbocycles. The number of hydrogen-bond donors (Lipinski definition) is 0. The number of nitrogens with zero attached hydrogens (tertiary/aromatic N) is 1. The van der Waals surface area contributed by atoms with E-state index in [1.807, 2.05) is 0 Å². The third kappa shape index (κ3) is 3.40. The molecule has 5 heteroatoms. The SMILES string of the molecule is COC(=O)CCCN1CCCC2(C1)OCCO2. The summed E-state index contributed by atoms with van der Waals surface area (Å²) in [5, 5.41) is 0. The van der Waals surface area contributed by atoms with Gasteiger partial charge in [-0.2, -0.15) is 0 Å². The van der Waals surface area contributed by atoms with Crippen LogP contribution < -0.4 is 0 Å². The minimum absolute atomic E-state index is 0.134. The van der Waals surface area contributed by atoms with Crippen molar-refractivity contribution in [1.82, 2.24) is 4.90 Å². The van der Waals surface area contributed by atoms with Crippen molar-refractivity contribution < 1.29 is 19.0 Å². The lowest BCUT2D eigenvalue weighted by Crippen LogP contribution is -2.49. The topological polar surface area (TPSA) is 48.0 Å². The number of carbonyl (C=O) groups is 1. The average molecular weight is 243 g/mol. The number of carbonyl (C=O) groups excluding carboxylic acids is 1. The van der Waals surface area contributed by atoms with Gasteiger partial charge in [-0.3, -0.25) is 9.69 Å². The average Bonchev–Trinajstić information content (AvgIpc) is 2.77. The highest BCUT2D eigenvalue weighted by atomic mass is 16.7. The van der Waals surface area contributed by atoms with Crippen molar-refractivity contribution in [3.8, 4) is 0 Å². The molecular weight excluding hydrogens is 222 g/mol. The molecule has 0 radical (unpaired) electrons. The molecule has 2 aliphatic rings. The molecule has 2 aliphatic heterocycles. The predicted molar refractivity (Wildman–Crippen MR) is 61.6 cm³/mol. The van der Waals surface area contributed by atoms with Gasteiger partial charge in [0.1, 0.15) is 0 Å². The van der Waals surface area contributed by atoms with Crippen molar-refractivity contribution >= 4 is 5.97 Å². The zero-order valence-corrected chi connectivity index (χ0v) is 10.4. The van der Waals surface area contributed by atoms with Gasteiger partial charge in [0.15, 0.2) is 5.79 Å². The number of ether oxygens (including phenoxy) is 3. The first kappa shape index (κ1) is 12.8. The summed E-state index contributed by atoms with van der Waals surface area (Å²) in [7, 11) is 1.43. The van der Waals surface area contributed by atoms with Gasteiger partial charge < -0.3 is 14.2 Å². The molecule has 2 rings (SSSR count). The van der Waals surface area contributed by atoms with Gasteiger partial charge in [-0.25, -0.2) is 0 Å². The lowest BCUT2D eigenvalue weighted by atomic mass is 10.0. The van der Waals surface area contributed by atoms with Crippen LogP contribution in [-0.4, -0.2) is 56.6 Å². The van der Waals surface area contributed by atoms with E-state index >= 15 is 0 Å². The molecule has 0 saturated carbocycles. The molecule has 98 valence electrons. The first-order valence-corrected chi connectivity index (χ1v) is 6.31. The number of piperidine rings is 1. The fourth-order valence-electron chi connectivity index (χ4n) is 2.54. The monoisotopic (exact) mass is 243 g/mol. The van der Waals surface area contributed by atoms with Gasteiger partial charge in [-0.15, -0.1) is 0 Å². The van der Waals surface area contributed by atoms with E-state index in [9.17, 15) is 4.79 Å². The smallest absolute Gasteiger partial charge is 0.305 e. The Hall–Kier alpha value is -0.650. The molecule has 0 aliphatic carbocycles. The second kappa shape index (κ2) is 5.80. The van der Waals surface area contributed by atoms with Gasteiger partial charge in [0.05, 0.1) is 26.9 Å². The molecule has 1 spiro atoms. The summed E-state index contributed by atoms with van der Waals surface area (Å²) in [6, 6.07) is 0. The standard InChI is InChI=1S/C12H21NO4/c1-15-11(14)4-2-6-13-7-3-5-12(10-13)16-8-9-17-12/h2-10H2,1H3. The summed E-state index contributed by atoms with van der Waals surface area (Å²) >= 11 is 0. The van der Waals surface area contributed by atoms with Gasteiger partial charge >= 0.3 is 5.97 Å². The summed E-state index contributed by atoms with van der Waals surface area (Å²) in [6.45, 7) is 4.21. The Morgan fingerprint density at radius 3 is 2.88 bits per heavy atom. The molecule has 5 nitrogen and oxygen atoms in total. The van der Waals surface area contributed by atoms with Crippen LogP contribution in [-0.2, 0) is 19.0 Å². The predicted octanol–water partition coefficient (Wildman–Crippen LogP) is 0.778. The molecule has 0 aromatic heterocycles. The second-order valence-corrected chi connectivity index (χ2v) is 4.67. The molecular formula is C12H21NO4. The van der Waals surface area contributed by atoms with E-state index < -0.39 is 0 Å². The van der Waals surface area contributed by atoms with Crippen molar-refractivity contribution in [3.05, 3.63) is 0 Å². The van der Waals surface area contributed by atoms with Gasteiger partial charge in [0, 0.05) is 12.8 Å². The highest BCUT2D eigenvalue weighted by Crippen LogP contribution is 2.29. The Kier molecular flexibility index (Phi) is 4.36. The summed E-state index contributed by atoms with van der Waals surface area (Å²) in [5.74, 6) is -0.492. The van der Waals surface area contributed by atoms with E-state index in [4.69, 9.17) is 9.47 Å². The number of esters is 1. The third-order valence-corrected chi connectivity index (χ3v) is 3.39. The van der Waals surface area contributed by atoms with Crippen molar-refractivity contribution in [1.29, 1.82) is 0 Å². The normalized spacial score (nSPS) is 24.1. The maximum absolute atomic E-state index is 11.0. The van der Waals surface area contributed by atoms with Gasteiger partial charge in [0.25, 0.3) is 0 Å². The first-order chi connectivity index (χ1) is 8.24. The van der Waals surface area contributed by atoms with E-state index in [1.165, 1.54) is 7.11 Å². The third-order valence-electron chi connectivity index (χ3n) is 3.39. The fraction of sp³-hybridized carbons (Fsp3) is 0.917. The zero-order chi connectivity index (χ0) is 12.1. The minimum Gasteiger partial charge on any atom is -0.469 e. The van der Waals surface area contributed by atoms with Crippen LogP contribution in [0.25, 0.3) is 0 Å². The lowest BCUT2D eigenvalue weighted by molar-refractivity contribution is -0.189. The molecule has 2 saturated heterocycles. The number of hydrogen-bond acceptors (Lipinski definition) is 5. The number of likely N-dealkylation sites (tertiary alicyclic amines) is 1. The van der Waals surface area contributed by atoms with Crippen LogP contribution in [0.1, 0.15) is 25.7 Å². The molecule has 2 fully saturated rings. The Balaban J connectivity index is 1.72. The first-order valence-electron chi connectivity index (χ1n) is 6.31. The highest BCUT2D eigenvalue weighted by Gasteiger charge is 2.40. The summed E-state index contributed by atoms with van der Waals surface area (Å²) in [6.07, 6.45) is 3.41. The van der Waals surface area contributed by atoms with Crippen molar-refractivity contribution in [2.75, 3.05) is 40.0 Å². The van der Waals surface area contributed by atoms with Crippen molar-refractivity contribution in [2.24, 2.45) is 0 Å². The molecule has 0 aromatic rings. The molecule has 0 atom stereocenters. The maximum Gasteiger partial charge on any atom is 0.305 e. The van der Waals surface area contributed by atoms with E-state index in [1.54, 1.807) is 0 Å².